The highest BCUT2D eigenvalue weighted by atomic mass is 16.7. The van der Waals surface area contributed by atoms with E-state index in [9.17, 15) is 14.7 Å². The number of aliphatic carboxylic acids is 1. The van der Waals surface area contributed by atoms with E-state index in [0.29, 0.717) is 24.6 Å². The molecular formula is C17H14NO6-. The zero-order chi connectivity index (χ0) is 16.5. The van der Waals surface area contributed by atoms with E-state index in [2.05, 4.69) is 0 Å². The first-order chi connectivity index (χ1) is 11.6. The zero-order valence-electron chi connectivity index (χ0n) is 12.6. The minimum atomic E-state index is -1.23. The summed E-state index contributed by atoms with van der Waals surface area (Å²) in [5.74, 6) is -1.70. The number of rotatable bonds is 3. The van der Waals surface area contributed by atoms with Gasteiger partial charge < -0.3 is 29.0 Å². The lowest BCUT2D eigenvalue weighted by atomic mass is 9.77. The van der Waals surface area contributed by atoms with Crippen LogP contribution in [0.3, 0.4) is 0 Å². The Balaban J connectivity index is 1.42. The van der Waals surface area contributed by atoms with E-state index in [1.807, 2.05) is 24.3 Å². The predicted octanol–water partition coefficient (Wildman–Crippen LogP) is -0.553. The fraction of sp³-hybridized carbons (Fsp3) is 0.412. The molecule has 4 aliphatic rings. The second-order valence-electron chi connectivity index (χ2n) is 6.60. The van der Waals surface area contributed by atoms with E-state index in [1.54, 1.807) is 11.0 Å². The molecule has 0 aliphatic carbocycles. The first-order valence-electron chi connectivity index (χ1n) is 7.83. The third kappa shape index (κ3) is 1.70. The summed E-state index contributed by atoms with van der Waals surface area (Å²) in [5, 5.41) is 11.4. The molecule has 2 bridgehead atoms. The Kier molecular flexibility index (Phi) is 2.60. The van der Waals surface area contributed by atoms with Crippen molar-refractivity contribution >= 4 is 11.9 Å². The second-order valence-corrected chi connectivity index (χ2v) is 6.60. The Bertz CT molecular complexity index is 789. The molecule has 1 aromatic rings. The molecule has 0 unspecified atom stereocenters. The molecule has 5 rings (SSSR count). The van der Waals surface area contributed by atoms with Crippen molar-refractivity contribution in [3.05, 3.63) is 35.9 Å². The topological polar surface area (TPSA) is 88.1 Å². The highest BCUT2D eigenvalue weighted by Crippen LogP contribution is 2.51. The van der Waals surface area contributed by atoms with Gasteiger partial charge in [0.05, 0.1) is 18.6 Å². The van der Waals surface area contributed by atoms with Crippen LogP contribution < -0.4 is 14.6 Å². The van der Waals surface area contributed by atoms with Crippen molar-refractivity contribution in [2.75, 3.05) is 13.3 Å². The SMILES string of the molecule is O=C([O-])[C@H]1[C@H]2C=C[C@]3(CN(Cc4ccc5c(c4)OCO5)C(=O)[C@@H]13)O2. The predicted molar refractivity (Wildman–Crippen MR) is 76.7 cm³/mol. The van der Waals surface area contributed by atoms with Crippen molar-refractivity contribution in [2.45, 2.75) is 18.2 Å². The van der Waals surface area contributed by atoms with Gasteiger partial charge in [-0.1, -0.05) is 18.2 Å². The summed E-state index contributed by atoms with van der Waals surface area (Å²) in [6.45, 7) is 0.914. The summed E-state index contributed by atoms with van der Waals surface area (Å²) in [6.07, 6.45) is 3.00. The number of fused-ring (bicyclic) bond motifs is 2. The summed E-state index contributed by atoms with van der Waals surface area (Å²) in [5.41, 5.74) is 0.0653. The lowest BCUT2D eigenvalue weighted by molar-refractivity contribution is -0.313. The number of nitrogens with zero attached hydrogens (tertiary/aromatic N) is 1. The number of carboxylic acids is 1. The van der Waals surface area contributed by atoms with Gasteiger partial charge in [0.15, 0.2) is 11.5 Å². The normalized spacial score (nSPS) is 34.9. The van der Waals surface area contributed by atoms with E-state index in [4.69, 9.17) is 14.2 Å². The van der Waals surface area contributed by atoms with Gasteiger partial charge in [-0.2, -0.15) is 0 Å². The van der Waals surface area contributed by atoms with Crippen LogP contribution in [0.2, 0.25) is 0 Å². The highest BCUT2D eigenvalue weighted by Gasteiger charge is 2.65. The summed E-state index contributed by atoms with van der Waals surface area (Å²) >= 11 is 0. The number of hydrogen-bond acceptors (Lipinski definition) is 6. The van der Waals surface area contributed by atoms with Crippen LogP contribution in [0.1, 0.15) is 5.56 Å². The van der Waals surface area contributed by atoms with Gasteiger partial charge >= 0.3 is 0 Å². The van der Waals surface area contributed by atoms with E-state index in [0.717, 1.165) is 5.56 Å². The Hall–Kier alpha value is -2.54. The number of carboxylic acid groups (broad SMARTS) is 1. The van der Waals surface area contributed by atoms with Gasteiger partial charge in [-0.05, 0) is 17.7 Å². The number of carbonyl (C=O) groups excluding carboxylic acids is 2. The third-order valence-electron chi connectivity index (χ3n) is 5.26. The van der Waals surface area contributed by atoms with Crippen molar-refractivity contribution < 1.29 is 28.9 Å². The zero-order valence-corrected chi connectivity index (χ0v) is 12.6. The third-order valence-corrected chi connectivity index (χ3v) is 5.26. The van der Waals surface area contributed by atoms with Crippen LogP contribution in [0.25, 0.3) is 0 Å². The maximum absolute atomic E-state index is 12.8. The summed E-state index contributed by atoms with van der Waals surface area (Å²) in [6, 6.07) is 5.52. The molecule has 2 fully saturated rings. The Morgan fingerprint density at radius 2 is 2.17 bits per heavy atom. The van der Waals surface area contributed by atoms with Gasteiger partial charge in [0.1, 0.15) is 5.60 Å². The monoisotopic (exact) mass is 328 g/mol. The second kappa shape index (κ2) is 4.51. The van der Waals surface area contributed by atoms with Crippen molar-refractivity contribution in [1.29, 1.82) is 0 Å². The number of benzene rings is 1. The molecular weight excluding hydrogens is 314 g/mol. The lowest BCUT2D eigenvalue weighted by Gasteiger charge is -2.24. The van der Waals surface area contributed by atoms with Crippen molar-refractivity contribution in [3.63, 3.8) is 0 Å². The maximum Gasteiger partial charge on any atom is 0.231 e. The fourth-order valence-corrected chi connectivity index (χ4v) is 4.24. The number of likely N-dealkylation sites (tertiary alicyclic amines) is 1. The minimum Gasteiger partial charge on any atom is -0.550 e. The Labute approximate surface area is 137 Å². The molecule has 0 saturated carbocycles. The molecule has 1 amide bonds. The first-order valence-corrected chi connectivity index (χ1v) is 7.83. The summed E-state index contributed by atoms with van der Waals surface area (Å²) in [4.78, 5) is 25.9. The molecule has 124 valence electrons. The van der Waals surface area contributed by atoms with Crippen molar-refractivity contribution in [2.24, 2.45) is 11.8 Å². The van der Waals surface area contributed by atoms with Crippen LogP contribution in [0.15, 0.2) is 30.4 Å². The van der Waals surface area contributed by atoms with E-state index in [1.165, 1.54) is 0 Å². The Morgan fingerprint density at radius 1 is 1.33 bits per heavy atom. The van der Waals surface area contributed by atoms with Crippen molar-refractivity contribution in [1.82, 2.24) is 4.90 Å². The van der Waals surface area contributed by atoms with Gasteiger partial charge in [-0.25, -0.2) is 0 Å². The van der Waals surface area contributed by atoms with Crippen LogP contribution >= 0.6 is 0 Å². The maximum atomic E-state index is 12.8. The quantitative estimate of drug-likeness (QED) is 0.692. The van der Waals surface area contributed by atoms with Gasteiger partial charge in [-0.3, -0.25) is 4.79 Å². The highest BCUT2D eigenvalue weighted by molar-refractivity contribution is 5.90. The average Bonchev–Trinajstić information content (AvgIpc) is 3.28. The van der Waals surface area contributed by atoms with Gasteiger partial charge in [0, 0.05) is 18.4 Å². The number of amides is 1. The molecule has 4 aliphatic heterocycles. The largest absolute Gasteiger partial charge is 0.550 e. The smallest absolute Gasteiger partial charge is 0.231 e. The fourth-order valence-electron chi connectivity index (χ4n) is 4.24. The molecule has 4 heterocycles. The van der Waals surface area contributed by atoms with E-state index in [-0.39, 0.29) is 12.7 Å². The molecule has 4 atom stereocenters. The number of hydrogen-bond donors (Lipinski definition) is 0. The molecule has 1 spiro atoms. The average molecular weight is 328 g/mol. The summed E-state index contributed by atoms with van der Waals surface area (Å²) in [7, 11) is 0. The van der Waals surface area contributed by atoms with Crippen LogP contribution in [0.4, 0.5) is 0 Å². The van der Waals surface area contributed by atoms with Gasteiger partial charge in [0.2, 0.25) is 12.7 Å². The van der Waals surface area contributed by atoms with Crippen molar-refractivity contribution in [3.8, 4) is 11.5 Å². The molecule has 24 heavy (non-hydrogen) atoms. The van der Waals surface area contributed by atoms with E-state index >= 15 is 0 Å². The molecule has 0 aromatic heterocycles. The lowest BCUT2D eigenvalue weighted by Crippen LogP contribution is -2.45. The van der Waals surface area contributed by atoms with Gasteiger partial charge in [0.25, 0.3) is 0 Å². The van der Waals surface area contributed by atoms with Crippen LogP contribution in [-0.4, -0.2) is 41.8 Å². The summed E-state index contributed by atoms with van der Waals surface area (Å²) < 4.78 is 16.5. The van der Waals surface area contributed by atoms with Crippen LogP contribution in [-0.2, 0) is 20.9 Å². The number of carbonyl (C=O) groups is 2. The molecule has 0 N–H and O–H groups in total. The van der Waals surface area contributed by atoms with Gasteiger partial charge in [-0.15, -0.1) is 0 Å². The molecule has 7 nitrogen and oxygen atoms in total. The molecule has 1 aromatic carbocycles. The van der Waals surface area contributed by atoms with E-state index < -0.39 is 29.5 Å². The first kappa shape index (κ1) is 13.9. The van der Waals surface area contributed by atoms with Crippen LogP contribution in [0, 0.1) is 11.8 Å². The minimum absolute atomic E-state index is 0.194. The van der Waals surface area contributed by atoms with Crippen LogP contribution in [0.5, 0.6) is 11.5 Å². The molecule has 0 radical (unpaired) electrons. The standard InChI is InChI=1S/C17H15NO6/c19-15-14-13(16(20)21)11-3-4-17(14,24-11)7-18(15)6-9-1-2-10-12(5-9)23-8-22-10/h1-5,11,13-14H,6-8H2,(H,20,21)/p-1/t11-,13+,14-,17-/m1/s1. The number of ether oxygens (including phenoxy) is 3. The Morgan fingerprint density at radius 3 is 3.00 bits per heavy atom. The molecule has 7 heteroatoms. The molecule has 2 saturated heterocycles.